The molecule has 1 aliphatic rings. The molecule has 0 bridgehead atoms. The summed E-state index contributed by atoms with van der Waals surface area (Å²) in [7, 11) is 0. The van der Waals surface area contributed by atoms with Gasteiger partial charge in [-0.25, -0.2) is 0 Å². The predicted octanol–water partition coefficient (Wildman–Crippen LogP) is 1.25. The highest BCUT2D eigenvalue weighted by Crippen LogP contribution is 2.13. The topological polar surface area (TPSA) is 20.2 Å². The average Bonchev–Trinajstić information content (AvgIpc) is 1.77. The van der Waals surface area contributed by atoms with E-state index in [1.807, 2.05) is 6.08 Å². The Hall–Kier alpha value is -0.560. The van der Waals surface area contributed by atoms with E-state index in [4.69, 9.17) is 5.11 Å². The Kier molecular flexibility index (Phi) is 1.49. The molecule has 0 aromatic heterocycles. The molecule has 1 nitrogen and oxygen atoms in total. The maximum absolute atomic E-state index is 8.90. The molecule has 1 aliphatic carbocycles. The highest BCUT2D eigenvalue weighted by atomic mass is 16.3. The van der Waals surface area contributed by atoms with Gasteiger partial charge < -0.3 is 5.11 Å². The Bertz CT molecular complexity index is 124. The van der Waals surface area contributed by atoms with Crippen molar-refractivity contribution in [3.63, 3.8) is 0 Å². The highest BCUT2D eigenvalue weighted by Gasteiger charge is 2.03. The van der Waals surface area contributed by atoms with Crippen LogP contribution < -0.4 is 0 Å². The average molecular weight is 110 g/mol. The van der Waals surface area contributed by atoms with E-state index in [-0.39, 0.29) is 6.10 Å². The Morgan fingerprint density at radius 3 is 2.88 bits per heavy atom. The molecule has 0 heterocycles. The van der Waals surface area contributed by atoms with Crippen molar-refractivity contribution in [1.29, 1.82) is 0 Å². The van der Waals surface area contributed by atoms with Crippen LogP contribution in [0.4, 0.5) is 0 Å². The van der Waals surface area contributed by atoms with Crippen molar-refractivity contribution < 1.29 is 5.11 Å². The van der Waals surface area contributed by atoms with E-state index in [0.29, 0.717) is 0 Å². The SMILES string of the molecule is C=C1C=C[C@H](O)CC1. The number of hydrogen-bond acceptors (Lipinski definition) is 1. The maximum Gasteiger partial charge on any atom is 0.0727 e. The largest absolute Gasteiger partial charge is 0.389 e. The third-order valence-electron chi connectivity index (χ3n) is 1.32. The minimum Gasteiger partial charge on any atom is -0.389 e. The van der Waals surface area contributed by atoms with E-state index in [1.165, 1.54) is 0 Å². The molecule has 0 fully saturated rings. The second-order valence-electron chi connectivity index (χ2n) is 2.12. The summed E-state index contributed by atoms with van der Waals surface area (Å²) < 4.78 is 0. The third-order valence-corrected chi connectivity index (χ3v) is 1.32. The Balaban J connectivity index is 2.55. The summed E-state index contributed by atoms with van der Waals surface area (Å²) in [6.45, 7) is 3.75. The standard InChI is InChI=1S/C7H10O/c1-6-2-4-7(8)5-3-6/h2,4,7-8H,1,3,5H2/t7-/m0/s1. The highest BCUT2D eigenvalue weighted by molar-refractivity contribution is 5.19. The molecular weight excluding hydrogens is 100 g/mol. The fraction of sp³-hybridized carbons (Fsp3) is 0.429. The summed E-state index contributed by atoms with van der Waals surface area (Å²) in [5.74, 6) is 0. The molecule has 0 amide bonds. The second-order valence-corrected chi connectivity index (χ2v) is 2.12. The summed E-state index contributed by atoms with van der Waals surface area (Å²) >= 11 is 0. The lowest BCUT2D eigenvalue weighted by Gasteiger charge is -2.10. The van der Waals surface area contributed by atoms with Gasteiger partial charge in [0, 0.05) is 0 Å². The van der Waals surface area contributed by atoms with Crippen LogP contribution in [0, 0.1) is 0 Å². The van der Waals surface area contributed by atoms with Gasteiger partial charge in [0.2, 0.25) is 0 Å². The van der Waals surface area contributed by atoms with Gasteiger partial charge in [0.15, 0.2) is 0 Å². The van der Waals surface area contributed by atoms with Gasteiger partial charge in [-0.3, -0.25) is 0 Å². The molecule has 0 spiro atoms. The number of allylic oxidation sites excluding steroid dienone is 2. The minimum absolute atomic E-state index is 0.222. The first kappa shape index (κ1) is 5.57. The number of aliphatic hydroxyl groups excluding tert-OH is 1. The lowest BCUT2D eigenvalue weighted by Crippen LogP contribution is -2.05. The molecule has 0 aliphatic heterocycles. The zero-order chi connectivity index (χ0) is 5.98. The van der Waals surface area contributed by atoms with Crippen molar-refractivity contribution in [2.45, 2.75) is 18.9 Å². The first-order valence-corrected chi connectivity index (χ1v) is 2.83. The summed E-state index contributed by atoms with van der Waals surface area (Å²) in [6, 6.07) is 0. The van der Waals surface area contributed by atoms with Crippen LogP contribution in [0.5, 0.6) is 0 Å². The van der Waals surface area contributed by atoms with Crippen molar-refractivity contribution in [1.82, 2.24) is 0 Å². The van der Waals surface area contributed by atoms with Crippen LogP contribution in [-0.2, 0) is 0 Å². The van der Waals surface area contributed by atoms with E-state index < -0.39 is 0 Å². The van der Waals surface area contributed by atoms with Crippen LogP contribution in [0.1, 0.15) is 12.8 Å². The lowest BCUT2D eigenvalue weighted by molar-refractivity contribution is 0.210. The van der Waals surface area contributed by atoms with Crippen molar-refractivity contribution >= 4 is 0 Å². The quantitative estimate of drug-likeness (QED) is 0.497. The summed E-state index contributed by atoms with van der Waals surface area (Å²) in [6.07, 6.45) is 5.23. The Morgan fingerprint density at radius 1 is 1.75 bits per heavy atom. The third kappa shape index (κ3) is 1.20. The molecule has 1 N–H and O–H groups in total. The van der Waals surface area contributed by atoms with Gasteiger partial charge >= 0.3 is 0 Å². The van der Waals surface area contributed by atoms with Crippen molar-refractivity contribution in [3.8, 4) is 0 Å². The number of aliphatic hydroxyl groups is 1. The summed E-state index contributed by atoms with van der Waals surface area (Å²) in [5, 5.41) is 8.90. The normalized spacial score (nSPS) is 28.6. The van der Waals surface area contributed by atoms with Crippen LogP contribution >= 0.6 is 0 Å². The Labute approximate surface area is 49.3 Å². The van der Waals surface area contributed by atoms with Gasteiger partial charge in [0.05, 0.1) is 6.10 Å². The molecule has 1 atom stereocenters. The monoisotopic (exact) mass is 110 g/mol. The van der Waals surface area contributed by atoms with Crippen molar-refractivity contribution in [2.75, 3.05) is 0 Å². The summed E-state index contributed by atoms with van der Waals surface area (Å²) in [4.78, 5) is 0. The van der Waals surface area contributed by atoms with Crippen LogP contribution in [0.25, 0.3) is 0 Å². The molecule has 0 saturated heterocycles. The first-order valence-electron chi connectivity index (χ1n) is 2.83. The van der Waals surface area contributed by atoms with E-state index in [2.05, 4.69) is 6.58 Å². The van der Waals surface area contributed by atoms with Crippen molar-refractivity contribution in [2.24, 2.45) is 0 Å². The fourth-order valence-electron chi connectivity index (χ4n) is 0.760. The molecule has 1 heteroatoms. The van der Waals surface area contributed by atoms with Crippen molar-refractivity contribution in [3.05, 3.63) is 24.3 Å². The number of hydrogen-bond donors (Lipinski definition) is 1. The second kappa shape index (κ2) is 2.14. The van der Waals surface area contributed by atoms with Gasteiger partial charge in [-0.05, 0) is 12.8 Å². The zero-order valence-corrected chi connectivity index (χ0v) is 4.80. The van der Waals surface area contributed by atoms with Gasteiger partial charge in [0.25, 0.3) is 0 Å². The van der Waals surface area contributed by atoms with Crippen LogP contribution in [0.3, 0.4) is 0 Å². The Morgan fingerprint density at radius 2 is 2.50 bits per heavy atom. The lowest BCUT2D eigenvalue weighted by atomic mass is 10.0. The molecule has 8 heavy (non-hydrogen) atoms. The van der Waals surface area contributed by atoms with Gasteiger partial charge in [-0.15, -0.1) is 0 Å². The molecule has 0 aromatic rings. The fourth-order valence-corrected chi connectivity index (χ4v) is 0.760. The van der Waals surface area contributed by atoms with Gasteiger partial charge in [0.1, 0.15) is 0 Å². The summed E-state index contributed by atoms with van der Waals surface area (Å²) in [5.41, 5.74) is 1.12. The molecule has 0 unspecified atom stereocenters. The van der Waals surface area contributed by atoms with E-state index in [9.17, 15) is 0 Å². The minimum atomic E-state index is -0.222. The maximum atomic E-state index is 8.90. The first-order chi connectivity index (χ1) is 3.79. The predicted molar refractivity (Wildman–Crippen MR) is 33.5 cm³/mol. The van der Waals surface area contributed by atoms with Gasteiger partial charge in [-0.2, -0.15) is 0 Å². The van der Waals surface area contributed by atoms with E-state index >= 15 is 0 Å². The number of rotatable bonds is 0. The van der Waals surface area contributed by atoms with Crippen LogP contribution in [-0.4, -0.2) is 11.2 Å². The smallest absolute Gasteiger partial charge is 0.0727 e. The van der Waals surface area contributed by atoms with Crippen LogP contribution in [0.2, 0.25) is 0 Å². The molecule has 44 valence electrons. The van der Waals surface area contributed by atoms with Crippen LogP contribution in [0.15, 0.2) is 24.3 Å². The molecular formula is C7H10O. The van der Waals surface area contributed by atoms with E-state index in [0.717, 1.165) is 18.4 Å². The molecule has 0 radical (unpaired) electrons. The van der Waals surface area contributed by atoms with Gasteiger partial charge in [-0.1, -0.05) is 24.3 Å². The zero-order valence-electron chi connectivity index (χ0n) is 4.80. The molecule has 0 aromatic carbocycles. The molecule has 0 saturated carbocycles. The van der Waals surface area contributed by atoms with E-state index in [1.54, 1.807) is 6.08 Å². The molecule has 1 rings (SSSR count).